The third-order valence-electron chi connectivity index (χ3n) is 12.7. The number of ether oxygens (including phenoxy) is 3. The number of hydrogen-bond donors (Lipinski definition) is 2. The van der Waals surface area contributed by atoms with Gasteiger partial charge in [-0.25, -0.2) is 0 Å². The fourth-order valence-electron chi connectivity index (χ4n) is 9.76. The van der Waals surface area contributed by atoms with Gasteiger partial charge in [0.15, 0.2) is 5.82 Å². The van der Waals surface area contributed by atoms with Crippen LogP contribution in [0.2, 0.25) is 0 Å². The van der Waals surface area contributed by atoms with Crippen LogP contribution >= 0.6 is 11.8 Å². The molecule has 9 nitrogen and oxygen atoms in total. The average Bonchev–Trinajstić information content (AvgIpc) is 3.96. The highest BCUT2D eigenvalue weighted by molar-refractivity contribution is 7.99. The van der Waals surface area contributed by atoms with Gasteiger partial charge in [0.05, 0.1) is 27.5 Å². The summed E-state index contributed by atoms with van der Waals surface area (Å²) in [6.07, 6.45) is 3.93. The molecule has 2 aliphatic rings. The molecule has 0 amide bonds. The zero-order chi connectivity index (χ0) is 42.7. The molecule has 7 aromatic rings. The van der Waals surface area contributed by atoms with E-state index in [0.717, 1.165) is 52.0 Å². The monoisotopic (exact) mass is 841 g/mol. The summed E-state index contributed by atoms with van der Waals surface area (Å²) in [5.74, 6) is 2.42. The summed E-state index contributed by atoms with van der Waals surface area (Å²) in [7, 11) is 3.33. The van der Waals surface area contributed by atoms with Crippen LogP contribution in [-0.2, 0) is 15.9 Å². The molecular weight excluding hydrogens is 791 g/mol. The van der Waals surface area contributed by atoms with Crippen LogP contribution < -0.4 is 31.0 Å². The van der Waals surface area contributed by atoms with Crippen LogP contribution in [0.25, 0.3) is 0 Å². The van der Waals surface area contributed by atoms with Gasteiger partial charge in [0.25, 0.3) is 5.56 Å². The predicted octanol–water partition coefficient (Wildman–Crippen LogP) is 9.39. The maximum Gasteiger partial charge on any atom is 0.281 e. The van der Waals surface area contributed by atoms with Crippen LogP contribution in [0.5, 0.6) is 11.5 Å². The molecule has 314 valence electrons. The number of anilines is 3. The number of nitrogens with two attached hydrogens (primary N) is 1. The topological polar surface area (TPSA) is 104 Å². The van der Waals surface area contributed by atoms with Crippen molar-refractivity contribution in [1.29, 1.82) is 0 Å². The van der Waals surface area contributed by atoms with E-state index in [9.17, 15) is 0 Å². The first-order valence-electron chi connectivity index (χ1n) is 21.0. The fourth-order valence-corrected chi connectivity index (χ4v) is 10.8. The summed E-state index contributed by atoms with van der Waals surface area (Å²) in [5, 5.41) is 3.80. The van der Waals surface area contributed by atoms with Gasteiger partial charge >= 0.3 is 0 Å². The van der Waals surface area contributed by atoms with Gasteiger partial charge in [-0.05, 0) is 82.7 Å². The minimum atomic E-state index is -1.15. The van der Waals surface area contributed by atoms with Crippen LogP contribution in [0.4, 0.5) is 17.5 Å². The van der Waals surface area contributed by atoms with Gasteiger partial charge in [0.2, 0.25) is 5.95 Å². The maximum absolute atomic E-state index is 15.3. The first-order valence-corrected chi connectivity index (χ1v) is 22.3. The second kappa shape index (κ2) is 17.5. The van der Waals surface area contributed by atoms with E-state index in [1.165, 1.54) is 0 Å². The van der Waals surface area contributed by atoms with Crippen molar-refractivity contribution in [2.24, 2.45) is 5.92 Å². The van der Waals surface area contributed by atoms with E-state index in [0.29, 0.717) is 35.8 Å². The Kier molecular flexibility index (Phi) is 11.5. The zero-order valence-corrected chi connectivity index (χ0v) is 36.0. The standard InChI is InChI=1S/C52H51N5O4S/c1-59-44-28-24-39(25-29-44)51(37-16-8-4-9-17-37,38-18-10-5-11-19-38)57-49(58)47-48(55-50(57)53)56(35-54-47)43-32-36(46(33-43)62-3)34-61-52(40-20-12-6-13-21-40,41-22-14-7-15-23-41)42-26-30-45(60-2)31-27-42/h4-31,36,43,46,54H,32-35H2,1-3H3,(H2,53,55)/t36-,43-,46-/m1/s1. The van der Waals surface area contributed by atoms with E-state index in [1.807, 2.05) is 121 Å². The highest BCUT2D eigenvalue weighted by Crippen LogP contribution is 2.47. The van der Waals surface area contributed by atoms with Crippen molar-refractivity contribution in [1.82, 2.24) is 9.55 Å². The molecule has 1 aromatic heterocycles. The summed E-state index contributed by atoms with van der Waals surface area (Å²) in [6.45, 7) is 0.956. The van der Waals surface area contributed by atoms with Crippen LogP contribution in [0, 0.1) is 5.92 Å². The van der Waals surface area contributed by atoms with Crippen LogP contribution in [-0.4, -0.2) is 54.6 Å². The number of aromatic nitrogens is 2. The highest BCUT2D eigenvalue weighted by atomic mass is 32.2. The molecule has 0 unspecified atom stereocenters. The Morgan fingerprint density at radius 1 is 0.661 bits per heavy atom. The molecule has 1 saturated carbocycles. The smallest absolute Gasteiger partial charge is 0.281 e. The molecular formula is C52H51N5O4S. The number of nitrogens with zero attached hydrogens (tertiary/aromatic N) is 3. The Morgan fingerprint density at radius 2 is 1.11 bits per heavy atom. The van der Waals surface area contributed by atoms with Crippen molar-refractivity contribution in [2.75, 3.05) is 49.7 Å². The Labute approximate surface area is 367 Å². The lowest BCUT2D eigenvalue weighted by molar-refractivity contribution is -0.00648. The van der Waals surface area contributed by atoms with Gasteiger partial charge in [-0.2, -0.15) is 16.7 Å². The Bertz CT molecular complexity index is 2570. The number of thioether (sulfide) groups is 1. The highest BCUT2D eigenvalue weighted by Gasteiger charge is 2.46. The third kappa shape index (κ3) is 7.07. The molecule has 9 rings (SSSR count). The lowest BCUT2D eigenvalue weighted by Gasteiger charge is -2.38. The number of fused-ring (bicyclic) bond motifs is 1. The first kappa shape index (κ1) is 40.9. The van der Waals surface area contributed by atoms with E-state index in [4.69, 9.17) is 24.9 Å². The SMILES string of the molecule is COc1ccc(C(OC[C@H]2C[C@@H](N3CNc4c3nc(N)n(C(c3ccccc3)(c3ccccc3)c3ccc(OC)cc3)c4=O)C[C@H]2SC)(c2ccccc2)c2ccccc2)cc1. The van der Waals surface area contributed by atoms with Gasteiger partial charge < -0.3 is 30.2 Å². The Morgan fingerprint density at radius 3 is 1.60 bits per heavy atom. The number of nitrogen functional groups attached to an aromatic ring is 1. The lowest BCUT2D eigenvalue weighted by atomic mass is 9.76. The van der Waals surface area contributed by atoms with Gasteiger partial charge in [-0.3, -0.25) is 9.36 Å². The molecule has 1 aliphatic carbocycles. The summed E-state index contributed by atoms with van der Waals surface area (Å²) in [6, 6.07) is 57.2. The molecule has 3 N–H and O–H groups in total. The number of benzene rings is 6. The molecule has 62 heavy (non-hydrogen) atoms. The number of nitrogens with one attached hydrogen (secondary N) is 1. The predicted molar refractivity (Wildman–Crippen MR) is 251 cm³/mol. The molecule has 0 radical (unpaired) electrons. The van der Waals surface area contributed by atoms with Crippen LogP contribution in [0.1, 0.15) is 46.2 Å². The summed E-state index contributed by atoms with van der Waals surface area (Å²) in [5.41, 5.74) is 11.0. The molecule has 2 heterocycles. The van der Waals surface area contributed by atoms with Crippen molar-refractivity contribution in [3.63, 3.8) is 0 Å². The Balaban J connectivity index is 1.08. The number of hydrogen-bond acceptors (Lipinski definition) is 9. The van der Waals surface area contributed by atoms with Crippen molar-refractivity contribution in [3.8, 4) is 11.5 Å². The van der Waals surface area contributed by atoms with E-state index < -0.39 is 11.1 Å². The number of rotatable bonds is 14. The molecule has 0 bridgehead atoms. The van der Waals surface area contributed by atoms with Crippen molar-refractivity contribution in [2.45, 2.75) is 35.3 Å². The van der Waals surface area contributed by atoms with Crippen molar-refractivity contribution < 1.29 is 14.2 Å². The molecule has 0 spiro atoms. The largest absolute Gasteiger partial charge is 0.497 e. The van der Waals surface area contributed by atoms with Gasteiger partial charge in [0.1, 0.15) is 28.3 Å². The van der Waals surface area contributed by atoms with Gasteiger partial charge in [0, 0.05) is 11.3 Å². The van der Waals surface area contributed by atoms with Gasteiger partial charge in [-0.15, -0.1) is 0 Å². The minimum Gasteiger partial charge on any atom is -0.497 e. The molecule has 10 heteroatoms. The molecule has 0 saturated heterocycles. The normalized spacial score (nSPS) is 17.3. The molecule has 1 aliphatic heterocycles. The van der Waals surface area contributed by atoms with Crippen LogP contribution in [0.15, 0.2) is 175 Å². The summed E-state index contributed by atoms with van der Waals surface area (Å²) < 4.78 is 20.2. The molecule has 6 aromatic carbocycles. The average molecular weight is 842 g/mol. The second-order valence-corrected chi connectivity index (χ2v) is 17.0. The van der Waals surface area contributed by atoms with Crippen molar-refractivity contribution >= 4 is 29.2 Å². The molecule has 1 fully saturated rings. The minimum absolute atomic E-state index is 0.0929. The fraction of sp³-hybridized carbons (Fsp3) is 0.231. The summed E-state index contributed by atoms with van der Waals surface area (Å²) >= 11 is 1.87. The summed E-state index contributed by atoms with van der Waals surface area (Å²) in [4.78, 5) is 22.7. The van der Waals surface area contributed by atoms with E-state index >= 15 is 4.79 Å². The lowest BCUT2D eigenvalue weighted by Crippen LogP contribution is -2.46. The van der Waals surface area contributed by atoms with E-state index in [-0.39, 0.29) is 23.5 Å². The van der Waals surface area contributed by atoms with E-state index in [1.54, 1.807) is 18.8 Å². The quantitative estimate of drug-likeness (QED) is 0.104. The maximum atomic E-state index is 15.3. The number of methoxy groups -OCH3 is 2. The Hall–Kier alpha value is -6.49. The van der Waals surface area contributed by atoms with Gasteiger partial charge in [-0.1, -0.05) is 146 Å². The second-order valence-electron chi connectivity index (χ2n) is 15.9. The third-order valence-corrected chi connectivity index (χ3v) is 13.9. The van der Waals surface area contributed by atoms with E-state index in [2.05, 4.69) is 77.1 Å². The first-order chi connectivity index (χ1) is 30.4. The molecule has 3 atom stereocenters. The zero-order valence-electron chi connectivity index (χ0n) is 35.2. The van der Waals surface area contributed by atoms with Crippen molar-refractivity contribution in [3.05, 3.63) is 214 Å². The van der Waals surface area contributed by atoms with Crippen LogP contribution in [0.3, 0.4) is 0 Å².